The van der Waals surface area contributed by atoms with Crippen LogP contribution in [0, 0.1) is 0 Å². The van der Waals surface area contributed by atoms with Gasteiger partial charge in [0, 0.05) is 42.5 Å². The number of amides is 1. The zero-order valence-electron chi connectivity index (χ0n) is 16.5. The van der Waals surface area contributed by atoms with Gasteiger partial charge in [-0.25, -0.2) is 0 Å². The first kappa shape index (κ1) is 19.3. The Morgan fingerprint density at radius 2 is 1.90 bits per heavy atom. The van der Waals surface area contributed by atoms with E-state index in [-0.39, 0.29) is 0 Å². The number of hydrogen-bond acceptors (Lipinski definition) is 4. The van der Waals surface area contributed by atoms with Crippen LogP contribution >= 0.6 is 0 Å². The van der Waals surface area contributed by atoms with E-state index in [9.17, 15) is 4.79 Å². The highest BCUT2D eigenvalue weighted by Gasteiger charge is 2.25. The topological polar surface area (TPSA) is 72.1 Å². The molecule has 2 aromatic carbocycles. The predicted octanol–water partition coefficient (Wildman–Crippen LogP) is 3.66. The fourth-order valence-corrected chi connectivity index (χ4v) is 4.10. The molecule has 1 atom stereocenters. The normalized spacial score (nSPS) is 17.2. The van der Waals surface area contributed by atoms with Gasteiger partial charge in [-0.05, 0) is 43.5 Å². The van der Waals surface area contributed by atoms with Crippen LogP contribution < -0.4 is 5.73 Å². The van der Waals surface area contributed by atoms with Crippen LogP contribution in [0.5, 0.6) is 0 Å². The summed E-state index contributed by atoms with van der Waals surface area (Å²) < 4.78 is 0. The summed E-state index contributed by atoms with van der Waals surface area (Å²) in [5.41, 5.74) is 10.1. The molecule has 0 radical (unpaired) electrons. The molecule has 2 heterocycles. The van der Waals surface area contributed by atoms with Crippen LogP contribution in [0.1, 0.15) is 40.4 Å². The average molecular weight is 386 g/mol. The second kappa shape index (κ2) is 8.97. The van der Waals surface area contributed by atoms with Crippen molar-refractivity contribution in [1.82, 2.24) is 14.9 Å². The van der Waals surface area contributed by atoms with E-state index in [0.717, 1.165) is 55.8 Å². The summed E-state index contributed by atoms with van der Waals surface area (Å²) in [5, 5.41) is 0. The van der Waals surface area contributed by atoms with Gasteiger partial charge in [0.25, 0.3) is 0 Å². The Labute approximate surface area is 171 Å². The number of aromatic nitrogens is 2. The number of rotatable bonds is 6. The predicted molar refractivity (Wildman–Crippen MR) is 115 cm³/mol. The van der Waals surface area contributed by atoms with Gasteiger partial charge in [-0.1, -0.05) is 42.5 Å². The van der Waals surface area contributed by atoms with Crippen molar-refractivity contribution in [3.8, 4) is 11.3 Å². The number of carbonyl (C=O) groups is 1. The highest BCUT2D eigenvalue weighted by molar-refractivity contribution is 5.94. The van der Waals surface area contributed by atoms with Gasteiger partial charge in [-0.3, -0.25) is 14.8 Å². The SMILES string of the molecule is NC(=O)c1cccc(-c2nccnc2[C@H]2CCCN(CCc3ccccc3)C2)c1. The van der Waals surface area contributed by atoms with Crippen molar-refractivity contribution in [2.24, 2.45) is 5.73 Å². The highest BCUT2D eigenvalue weighted by Crippen LogP contribution is 2.32. The van der Waals surface area contributed by atoms with E-state index in [1.807, 2.05) is 18.2 Å². The fraction of sp³-hybridized carbons (Fsp3) is 0.292. The average Bonchev–Trinajstić information content (AvgIpc) is 2.79. The maximum atomic E-state index is 11.6. The third kappa shape index (κ3) is 4.69. The Morgan fingerprint density at radius 1 is 1.07 bits per heavy atom. The minimum Gasteiger partial charge on any atom is -0.366 e. The van der Waals surface area contributed by atoms with E-state index in [0.29, 0.717) is 11.5 Å². The maximum Gasteiger partial charge on any atom is 0.248 e. The van der Waals surface area contributed by atoms with Crippen LogP contribution in [0.2, 0.25) is 0 Å². The Hall–Kier alpha value is -3.05. The van der Waals surface area contributed by atoms with Crippen LogP contribution in [0.3, 0.4) is 0 Å². The second-order valence-corrected chi connectivity index (χ2v) is 7.61. The molecule has 0 spiro atoms. The van der Waals surface area contributed by atoms with Gasteiger partial charge in [0.2, 0.25) is 5.91 Å². The molecule has 1 saturated heterocycles. The van der Waals surface area contributed by atoms with Crippen molar-refractivity contribution in [1.29, 1.82) is 0 Å². The van der Waals surface area contributed by atoms with Crippen molar-refractivity contribution in [3.63, 3.8) is 0 Å². The molecule has 1 amide bonds. The van der Waals surface area contributed by atoms with Crippen molar-refractivity contribution in [2.45, 2.75) is 25.2 Å². The van der Waals surface area contributed by atoms with Crippen molar-refractivity contribution >= 4 is 5.91 Å². The van der Waals surface area contributed by atoms with Gasteiger partial charge >= 0.3 is 0 Å². The van der Waals surface area contributed by atoms with E-state index in [4.69, 9.17) is 10.7 Å². The molecule has 148 valence electrons. The molecular weight excluding hydrogens is 360 g/mol. The minimum atomic E-state index is -0.429. The number of nitrogens with two attached hydrogens (primary N) is 1. The largest absolute Gasteiger partial charge is 0.366 e. The van der Waals surface area contributed by atoms with Crippen LogP contribution in [0.15, 0.2) is 67.0 Å². The molecular formula is C24H26N4O. The van der Waals surface area contributed by atoms with Crippen LogP contribution in [0.4, 0.5) is 0 Å². The fourth-order valence-electron chi connectivity index (χ4n) is 4.10. The monoisotopic (exact) mass is 386 g/mol. The van der Waals surface area contributed by atoms with E-state index in [1.54, 1.807) is 18.5 Å². The smallest absolute Gasteiger partial charge is 0.248 e. The molecule has 2 N–H and O–H groups in total. The van der Waals surface area contributed by atoms with Gasteiger partial charge in [-0.2, -0.15) is 0 Å². The number of primary amides is 1. The van der Waals surface area contributed by atoms with E-state index < -0.39 is 5.91 Å². The minimum absolute atomic E-state index is 0.334. The lowest BCUT2D eigenvalue weighted by molar-refractivity contribution is 0.100. The van der Waals surface area contributed by atoms with Crippen LogP contribution in [-0.2, 0) is 6.42 Å². The second-order valence-electron chi connectivity index (χ2n) is 7.61. The van der Waals surface area contributed by atoms with E-state index in [2.05, 4.69) is 40.2 Å². The molecule has 1 aliphatic heterocycles. The Balaban J connectivity index is 1.52. The van der Waals surface area contributed by atoms with E-state index >= 15 is 0 Å². The van der Waals surface area contributed by atoms with Gasteiger partial charge < -0.3 is 10.6 Å². The number of likely N-dealkylation sites (tertiary alicyclic amines) is 1. The number of hydrogen-bond donors (Lipinski definition) is 1. The lowest BCUT2D eigenvalue weighted by atomic mass is 9.91. The first-order valence-electron chi connectivity index (χ1n) is 10.2. The molecule has 29 heavy (non-hydrogen) atoms. The number of carbonyl (C=O) groups excluding carboxylic acids is 1. The lowest BCUT2D eigenvalue weighted by Gasteiger charge is -2.33. The number of nitrogens with zero attached hydrogens (tertiary/aromatic N) is 3. The molecule has 4 rings (SSSR count). The summed E-state index contributed by atoms with van der Waals surface area (Å²) in [6.07, 6.45) is 6.78. The van der Waals surface area contributed by atoms with E-state index in [1.165, 1.54) is 5.56 Å². The summed E-state index contributed by atoms with van der Waals surface area (Å²) in [7, 11) is 0. The summed E-state index contributed by atoms with van der Waals surface area (Å²) in [5.74, 6) is -0.0949. The van der Waals surface area contributed by atoms with Crippen molar-refractivity contribution in [2.75, 3.05) is 19.6 Å². The summed E-state index contributed by atoms with van der Waals surface area (Å²) in [6, 6.07) is 18.0. The molecule has 1 fully saturated rings. The first-order valence-corrected chi connectivity index (χ1v) is 10.2. The highest BCUT2D eigenvalue weighted by atomic mass is 16.1. The summed E-state index contributed by atoms with van der Waals surface area (Å²) >= 11 is 0. The van der Waals surface area contributed by atoms with Gasteiger partial charge in [0.1, 0.15) is 0 Å². The van der Waals surface area contributed by atoms with Crippen molar-refractivity contribution in [3.05, 3.63) is 83.8 Å². The Morgan fingerprint density at radius 3 is 2.72 bits per heavy atom. The van der Waals surface area contributed by atoms with Gasteiger partial charge in [0.05, 0.1) is 11.4 Å². The molecule has 1 aliphatic rings. The lowest BCUT2D eigenvalue weighted by Crippen LogP contribution is -2.36. The molecule has 0 saturated carbocycles. The third-order valence-corrected chi connectivity index (χ3v) is 5.60. The molecule has 5 heteroatoms. The molecule has 0 bridgehead atoms. The zero-order chi connectivity index (χ0) is 20.1. The third-order valence-electron chi connectivity index (χ3n) is 5.60. The summed E-state index contributed by atoms with van der Waals surface area (Å²) in [4.78, 5) is 23.4. The molecule has 1 aromatic heterocycles. The molecule has 0 unspecified atom stereocenters. The Bertz CT molecular complexity index is 973. The first-order chi connectivity index (χ1) is 14.2. The van der Waals surface area contributed by atoms with Gasteiger partial charge in [0.15, 0.2) is 0 Å². The zero-order valence-corrected chi connectivity index (χ0v) is 16.5. The van der Waals surface area contributed by atoms with Crippen LogP contribution in [0.25, 0.3) is 11.3 Å². The molecule has 0 aliphatic carbocycles. The quantitative estimate of drug-likeness (QED) is 0.702. The Kier molecular flexibility index (Phi) is 5.96. The summed E-state index contributed by atoms with van der Waals surface area (Å²) in [6.45, 7) is 3.15. The standard InChI is InChI=1S/C24H26N4O/c25-24(29)20-9-4-8-19(16-20)22-23(27-13-12-26-22)21-10-5-14-28(17-21)15-11-18-6-2-1-3-7-18/h1-4,6-9,12-13,16,21H,5,10-11,14-15,17H2,(H2,25,29)/t21-/m0/s1. The number of benzene rings is 2. The molecule has 5 nitrogen and oxygen atoms in total. The van der Waals surface area contributed by atoms with Gasteiger partial charge in [-0.15, -0.1) is 0 Å². The molecule has 3 aromatic rings. The maximum absolute atomic E-state index is 11.6. The van der Waals surface area contributed by atoms with Crippen molar-refractivity contribution < 1.29 is 4.79 Å². The number of piperidine rings is 1. The van der Waals surface area contributed by atoms with Crippen LogP contribution in [-0.4, -0.2) is 40.4 Å².